The summed E-state index contributed by atoms with van der Waals surface area (Å²) in [7, 11) is 0. The molecule has 3 unspecified atom stereocenters. The Hall–Kier alpha value is -0.180. The third-order valence-electron chi connectivity index (χ3n) is 4.63. The van der Waals surface area contributed by atoms with Crippen molar-refractivity contribution in [3.05, 3.63) is 0 Å². The molecule has 0 N–H and O–H groups in total. The van der Waals surface area contributed by atoms with E-state index in [9.17, 15) is 4.79 Å². The Labute approximate surface area is 122 Å². The molecular weight excluding hydrogens is 254 g/mol. The number of thioether (sulfide) groups is 1. The fourth-order valence-corrected chi connectivity index (χ4v) is 4.68. The first-order chi connectivity index (χ1) is 9.20. The first-order valence-corrected chi connectivity index (χ1v) is 9.16. The third kappa shape index (κ3) is 4.40. The van der Waals surface area contributed by atoms with Crippen LogP contribution in [0.25, 0.3) is 0 Å². The van der Waals surface area contributed by atoms with Crippen molar-refractivity contribution >= 4 is 17.7 Å². The maximum Gasteiger partial charge on any atom is 0.225 e. The number of amides is 1. The Morgan fingerprint density at radius 2 is 2.05 bits per heavy atom. The van der Waals surface area contributed by atoms with E-state index in [1.807, 2.05) is 11.8 Å². The molecule has 0 radical (unpaired) electrons. The van der Waals surface area contributed by atoms with Crippen LogP contribution in [-0.2, 0) is 4.79 Å². The average Bonchev–Trinajstić information content (AvgIpc) is 2.64. The van der Waals surface area contributed by atoms with E-state index in [-0.39, 0.29) is 0 Å². The summed E-state index contributed by atoms with van der Waals surface area (Å²) in [5.74, 6) is 2.72. The highest BCUT2D eigenvalue weighted by atomic mass is 32.2. The fourth-order valence-electron chi connectivity index (χ4n) is 3.59. The van der Waals surface area contributed by atoms with Gasteiger partial charge in [0, 0.05) is 24.3 Å². The van der Waals surface area contributed by atoms with Crippen molar-refractivity contribution in [3.63, 3.8) is 0 Å². The Kier molecular flexibility index (Phi) is 6.06. The van der Waals surface area contributed by atoms with Gasteiger partial charge in [-0.2, -0.15) is 11.8 Å². The van der Waals surface area contributed by atoms with Gasteiger partial charge >= 0.3 is 0 Å². The number of likely N-dealkylation sites (tertiary alicyclic amines) is 1. The van der Waals surface area contributed by atoms with E-state index >= 15 is 0 Å². The van der Waals surface area contributed by atoms with Crippen molar-refractivity contribution in [1.82, 2.24) is 4.90 Å². The molecule has 1 heterocycles. The van der Waals surface area contributed by atoms with Crippen LogP contribution in [0.15, 0.2) is 0 Å². The molecule has 110 valence electrons. The molecule has 0 aromatic carbocycles. The summed E-state index contributed by atoms with van der Waals surface area (Å²) in [6.07, 6.45) is 8.61. The van der Waals surface area contributed by atoms with E-state index < -0.39 is 0 Å². The average molecular weight is 283 g/mol. The molecule has 2 rings (SSSR count). The Morgan fingerprint density at radius 1 is 1.21 bits per heavy atom. The Morgan fingerprint density at radius 3 is 2.79 bits per heavy atom. The van der Waals surface area contributed by atoms with Gasteiger partial charge in [0.15, 0.2) is 0 Å². The third-order valence-corrected chi connectivity index (χ3v) is 5.82. The van der Waals surface area contributed by atoms with E-state index in [1.54, 1.807) is 0 Å². The summed E-state index contributed by atoms with van der Waals surface area (Å²) in [5, 5.41) is 0.678. The minimum absolute atomic E-state index is 0.328. The molecule has 1 saturated heterocycles. The molecule has 1 aliphatic heterocycles. The zero-order chi connectivity index (χ0) is 13.7. The fraction of sp³-hybridized carbons (Fsp3) is 0.938. The van der Waals surface area contributed by atoms with Crippen molar-refractivity contribution in [2.24, 2.45) is 11.8 Å². The lowest BCUT2D eigenvalue weighted by Crippen LogP contribution is -2.40. The van der Waals surface area contributed by atoms with Crippen LogP contribution in [0.1, 0.15) is 58.8 Å². The van der Waals surface area contributed by atoms with E-state index in [0.29, 0.717) is 17.1 Å². The molecule has 2 aliphatic rings. The molecule has 0 bridgehead atoms. The van der Waals surface area contributed by atoms with Gasteiger partial charge in [0.25, 0.3) is 0 Å². The minimum Gasteiger partial charge on any atom is -0.341 e. The van der Waals surface area contributed by atoms with Crippen LogP contribution < -0.4 is 0 Å². The lowest BCUT2D eigenvalue weighted by atomic mass is 9.81. The largest absolute Gasteiger partial charge is 0.341 e. The van der Waals surface area contributed by atoms with Crippen molar-refractivity contribution in [1.29, 1.82) is 0 Å². The Balaban J connectivity index is 1.92. The molecule has 2 fully saturated rings. The lowest BCUT2D eigenvalue weighted by Gasteiger charge is -2.32. The molecule has 1 saturated carbocycles. The van der Waals surface area contributed by atoms with Crippen LogP contribution in [0.5, 0.6) is 0 Å². The van der Waals surface area contributed by atoms with Crippen molar-refractivity contribution in [3.8, 4) is 0 Å². The molecule has 2 nitrogen and oxygen atoms in total. The number of nitrogens with zero attached hydrogens (tertiary/aromatic N) is 1. The first-order valence-electron chi connectivity index (χ1n) is 8.11. The van der Waals surface area contributed by atoms with Crippen LogP contribution >= 0.6 is 11.8 Å². The van der Waals surface area contributed by atoms with Gasteiger partial charge in [0.1, 0.15) is 0 Å². The molecule has 3 heteroatoms. The second kappa shape index (κ2) is 7.56. The van der Waals surface area contributed by atoms with Gasteiger partial charge < -0.3 is 4.90 Å². The number of hydrogen-bond acceptors (Lipinski definition) is 2. The number of carbonyl (C=O) groups is 1. The second-order valence-electron chi connectivity index (χ2n) is 6.33. The first kappa shape index (κ1) is 15.2. The highest BCUT2D eigenvalue weighted by Gasteiger charge is 2.30. The van der Waals surface area contributed by atoms with Gasteiger partial charge in [-0.25, -0.2) is 0 Å². The zero-order valence-corrected chi connectivity index (χ0v) is 13.4. The van der Waals surface area contributed by atoms with Gasteiger partial charge in [-0.3, -0.25) is 4.79 Å². The van der Waals surface area contributed by atoms with Crippen LogP contribution in [-0.4, -0.2) is 34.9 Å². The van der Waals surface area contributed by atoms with Gasteiger partial charge in [0.05, 0.1) is 0 Å². The highest BCUT2D eigenvalue weighted by molar-refractivity contribution is 7.99. The molecule has 3 atom stereocenters. The predicted molar refractivity (Wildman–Crippen MR) is 83.5 cm³/mol. The predicted octanol–water partition coefficient (Wildman–Crippen LogP) is 3.95. The van der Waals surface area contributed by atoms with E-state index in [2.05, 4.69) is 18.7 Å². The molecule has 0 aromatic heterocycles. The summed E-state index contributed by atoms with van der Waals surface area (Å²) in [6.45, 7) is 6.54. The van der Waals surface area contributed by atoms with Gasteiger partial charge in [-0.1, -0.05) is 33.1 Å². The van der Waals surface area contributed by atoms with Crippen LogP contribution in [0.2, 0.25) is 0 Å². The summed E-state index contributed by atoms with van der Waals surface area (Å²) >= 11 is 2.04. The van der Waals surface area contributed by atoms with E-state index in [1.165, 1.54) is 37.9 Å². The minimum atomic E-state index is 0.328. The maximum absolute atomic E-state index is 12.7. The standard InChI is InChI=1S/C16H29NOS/c1-3-19-15-9-4-5-10-17(12-15)16(18)14-8-6-7-13(2)11-14/h13-15H,3-12H2,1-2H3. The maximum atomic E-state index is 12.7. The SMILES string of the molecule is CCSC1CCCCN(C(=O)C2CCCC(C)C2)C1. The molecule has 1 aliphatic carbocycles. The molecule has 0 spiro atoms. The van der Waals surface area contributed by atoms with Crippen molar-refractivity contribution < 1.29 is 4.79 Å². The zero-order valence-electron chi connectivity index (χ0n) is 12.6. The number of hydrogen-bond donors (Lipinski definition) is 0. The summed E-state index contributed by atoms with van der Waals surface area (Å²) in [6, 6.07) is 0. The Bertz CT molecular complexity index is 294. The van der Waals surface area contributed by atoms with Gasteiger partial charge in [-0.15, -0.1) is 0 Å². The summed E-state index contributed by atoms with van der Waals surface area (Å²) in [5.41, 5.74) is 0. The summed E-state index contributed by atoms with van der Waals surface area (Å²) in [4.78, 5) is 14.9. The van der Waals surface area contributed by atoms with Crippen LogP contribution in [0.4, 0.5) is 0 Å². The smallest absolute Gasteiger partial charge is 0.225 e. The quantitative estimate of drug-likeness (QED) is 0.782. The molecule has 19 heavy (non-hydrogen) atoms. The van der Waals surface area contributed by atoms with Crippen LogP contribution in [0.3, 0.4) is 0 Å². The molecule has 0 aromatic rings. The summed E-state index contributed by atoms with van der Waals surface area (Å²) < 4.78 is 0. The van der Waals surface area contributed by atoms with E-state index in [0.717, 1.165) is 31.8 Å². The number of rotatable bonds is 3. The normalized spacial score (nSPS) is 32.9. The van der Waals surface area contributed by atoms with Gasteiger partial charge in [0.2, 0.25) is 5.91 Å². The van der Waals surface area contributed by atoms with Crippen molar-refractivity contribution in [2.75, 3.05) is 18.8 Å². The van der Waals surface area contributed by atoms with Crippen molar-refractivity contribution in [2.45, 2.75) is 64.0 Å². The topological polar surface area (TPSA) is 20.3 Å². The monoisotopic (exact) mass is 283 g/mol. The van der Waals surface area contributed by atoms with Gasteiger partial charge in [-0.05, 0) is 37.4 Å². The molecular formula is C16H29NOS. The van der Waals surface area contributed by atoms with Crippen LogP contribution in [0, 0.1) is 11.8 Å². The number of carbonyl (C=O) groups excluding carboxylic acids is 1. The second-order valence-corrected chi connectivity index (χ2v) is 7.90. The lowest BCUT2D eigenvalue weighted by molar-refractivity contribution is -0.136. The highest BCUT2D eigenvalue weighted by Crippen LogP contribution is 2.31. The molecule has 1 amide bonds. The van der Waals surface area contributed by atoms with E-state index in [4.69, 9.17) is 0 Å².